The Balaban J connectivity index is 2.08. The van der Waals surface area contributed by atoms with Gasteiger partial charge in [0.1, 0.15) is 11.6 Å². The van der Waals surface area contributed by atoms with E-state index in [2.05, 4.69) is 4.98 Å². The summed E-state index contributed by atoms with van der Waals surface area (Å²) in [5.41, 5.74) is 7.03. The third-order valence-electron chi connectivity index (χ3n) is 2.18. The maximum atomic E-state index is 12.8. The smallest absolute Gasteiger partial charge is 0.181 e. The van der Waals surface area contributed by atoms with Gasteiger partial charge in [-0.3, -0.25) is 0 Å². The first-order valence-electron chi connectivity index (χ1n) is 4.73. The summed E-state index contributed by atoms with van der Waals surface area (Å²) in [6.45, 7) is 1.86. The third-order valence-corrected chi connectivity index (χ3v) is 3.28. The predicted octanol–water partition coefficient (Wildman–Crippen LogP) is 3.00. The minimum atomic E-state index is -0.320. The van der Waals surface area contributed by atoms with Crippen molar-refractivity contribution in [2.75, 3.05) is 5.73 Å². The molecule has 0 atom stereocenters. The molecular weight excluding hydrogens is 227 g/mol. The molecule has 0 aliphatic rings. The monoisotopic (exact) mass is 238 g/mol. The molecule has 0 unspecified atom stereocenters. The molecule has 1 aromatic heterocycles. The lowest BCUT2D eigenvalue weighted by molar-refractivity contribution is 0.525. The average molecular weight is 238 g/mol. The van der Waals surface area contributed by atoms with Crippen LogP contribution in [0.5, 0.6) is 0 Å². The molecule has 3 nitrogen and oxygen atoms in total. The third kappa shape index (κ3) is 2.36. The van der Waals surface area contributed by atoms with Crippen LogP contribution in [0.25, 0.3) is 0 Å². The number of nitrogens with two attached hydrogens (primary N) is 1. The number of benzene rings is 1. The summed E-state index contributed by atoms with van der Waals surface area (Å²) in [7, 11) is 0. The van der Waals surface area contributed by atoms with E-state index in [0.29, 0.717) is 11.4 Å². The van der Waals surface area contributed by atoms with Crippen LogP contribution in [0, 0.1) is 12.7 Å². The van der Waals surface area contributed by atoms with E-state index in [1.54, 1.807) is 6.07 Å². The Labute approximate surface area is 96.9 Å². The number of thioether (sulfide) groups is 1. The lowest BCUT2D eigenvalue weighted by Crippen LogP contribution is -1.91. The van der Waals surface area contributed by atoms with E-state index < -0.39 is 0 Å². The molecule has 0 saturated heterocycles. The molecule has 2 aromatic rings. The van der Waals surface area contributed by atoms with Crippen molar-refractivity contribution in [3.8, 4) is 0 Å². The Morgan fingerprint density at radius 1 is 1.50 bits per heavy atom. The molecule has 0 bridgehead atoms. The number of aryl methyl sites for hydroxylation is 1. The van der Waals surface area contributed by atoms with E-state index in [0.717, 1.165) is 16.3 Å². The second-order valence-corrected chi connectivity index (χ2v) is 4.34. The van der Waals surface area contributed by atoms with Gasteiger partial charge < -0.3 is 10.2 Å². The minimum Gasteiger partial charge on any atom is -0.448 e. The van der Waals surface area contributed by atoms with Crippen molar-refractivity contribution in [1.29, 1.82) is 0 Å². The van der Waals surface area contributed by atoms with E-state index in [9.17, 15) is 4.39 Å². The highest BCUT2D eigenvalue weighted by atomic mass is 32.2. The van der Waals surface area contributed by atoms with Gasteiger partial charge in [-0.05, 0) is 25.1 Å². The van der Waals surface area contributed by atoms with Gasteiger partial charge in [-0.1, -0.05) is 0 Å². The van der Waals surface area contributed by atoms with Gasteiger partial charge >= 0.3 is 0 Å². The molecule has 2 rings (SSSR count). The van der Waals surface area contributed by atoms with Crippen LogP contribution in [0.15, 0.2) is 33.9 Å². The predicted molar refractivity (Wildman–Crippen MR) is 61.6 cm³/mol. The lowest BCUT2D eigenvalue weighted by Gasteiger charge is -2.04. The van der Waals surface area contributed by atoms with Gasteiger partial charge in [-0.25, -0.2) is 9.37 Å². The summed E-state index contributed by atoms with van der Waals surface area (Å²) < 4.78 is 17.9. The molecule has 1 heterocycles. The maximum absolute atomic E-state index is 12.8. The Bertz CT molecular complexity index is 498. The SMILES string of the molecule is Cc1ocnc1CSc1ccc(F)cc1N. The Kier molecular flexibility index (Phi) is 3.14. The number of hydrogen-bond acceptors (Lipinski definition) is 4. The van der Waals surface area contributed by atoms with Gasteiger partial charge in [-0.2, -0.15) is 0 Å². The summed E-state index contributed by atoms with van der Waals surface area (Å²) in [5.74, 6) is 1.14. The number of nitrogen functional groups attached to an aromatic ring is 1. The molecule has 0 saturated carbocycles. The highest BCUT2D eigenvalue weighted by Crippen LogP contribution is 2.28. The molecule has 1 aromatic carbocycles. The van der Waals surface area contributed by atoms with Gasteiger partial charge in [0, 0.05) is 16.3 Å². The highest BCUT2D eigenvalue weighted by Gasteiger charge is 2.06. The molecule has 2 N–H and O–H groups in total. The average Bonchev–Trinajstić information content (AvgIpc) is 2.63. The van der Waals surface area contributed by atoms with Crippen LogP contribution >= 0.6 is 11.8 Å². The topological polar surface area (TPSA) is 52.0 Å². The van der Waals surface area contributed by atoms with Crippen LogP contribution in [-0.2, 0) is 5.75 Å². The van der Waals surface area contributed by atoms with Gasteiger partial charge in [-0.15, -0.1) is 11.8 Å². The van der Waals surface area contributed by atoms with Crippen LogP contribution in [0.3, 0.4) is 0 Å². The van der Waals surface area contributed by atoms with Gasteiger partial charge in [0.2, 0.25) is 0 Å². The summed E-state index contributed by atoms with van der Waals surface area (Å²) in [4.78, 5) is 4.93. The zero-order chi connectivity index (χ0) is 11.5. The molecule has 0 aliphatic heterocycles. The van der Waals surface area contributed by atoms with Crippen molar-refractivity contribution in [1.82, 2.24) is 4.98 Å². The highest BCUT2D eigenvalue weighted by molar-refractivity contribution is 7.98. The standard InChI is InChI=1S/C11H11FN2OS/c1-7-10(14-6-15-7)5-16-11-3-2-8(12)4-9(11)13/h2-4,6H,5,13H2,1H3. The molecule has 84 valence electrons. The lowest BCUT2D eigenvalue weighted by atomic mass is 10.3. The molecule has 0 fully saturated rings. The van der Waals surface area contributed by atoms with E-state index in [1.165, 1.54) is 30.3 Å². The van der Waals surface area contributed by atoms with E-state index >= 15 is 0 Å². The number of oxazole rings is 1. The minimum absolute atomic E-state index is 0.320. The van der Waals surface area contributed by atoms with Crippen LogP contribution < -0.4 is 5.73 Å². The Hall–Kier alpha value is -1.49. The van der Waals surface area contributed by atoms with Crippen molar-refractivity contribution >= 4 is 17.4 Å². The maximum Gasteiger partial charge on any atom is 0.181 e. The van der Waals surface area contributed by atoms with Crippen molar-refractivity contribution in [3.05, 3.63) is 41.9 Å². The van der Waals surface area contributed by atoms with Gasteiger partial charge in [0.25, 0.3) is 0 Å². The van der Waals surface area contributed by atoms with Gasteiger partial charge in [0.15, 0.2) is 6.39 Å². The Morgan fingerprint density at radius 2 is 2.31 bits per heavy atom. The number of aromatic nitrogens is 1. The zero-order valence-electron chi connectivity index (χ0n) is 8.74. The van der Waals surface area contributed by atoms with E-state index in [4.69, 9.17) is 10.2 Å². The molecule has 0 aliphatic carbocycles. The fraction of sp³-hybridized carbons (Fsp3) is 0.182. The summed E-state index contributed by atoms with van der Waals surface area (Å²) >= 11 is 1.51. The van der Waals surface area contributed by atoms with E-state index in [-0.39, 0.29) is 5.82 Å². The van der Waals surface area contributed by atoms with Crippen molar-refractivity contribution in [3.63, 3.8) is 0 Å². The number of halogens is 1. The molecule has 16 heavy (non-hydrogen) atoms. The van der Waals surface area contributed by atoms with Crippen molar-refractivity contribution in [2.24, 2.45) is 0 Å². The quantitative estimate of drug-likeness (QED) is 0.659. The number of hydrogen-bond donors (Lipinski definition) is 1. The second kappa shape index (κ2) is 4.57. The number of anilines is 1. The van der Waals surface area contributed by atoms with Crippen LogP contribution in [0.4, 0.5) is 10.1 Å². The molecule has 0 radical (unpaired) electrons. The van der Waals surface area contributed by atoms with Crippen molar-refractivity contribution in [2.45, 2.75) is 17.6 Å². The normalized spacial score (nSPS) is 10.6. The molecule has 0 spiro atoms. The molecule has 5 heteroatoms. The first kappa shape index (κ1) is 11.0. The largest absolute Gasteiger partial charge is 0.448 e. The van der Waals surface area contributed by atoms with Crippen LogP contribution in [0.2, 0.25) is 0 Å². The zero-order valence-corrected chi connectivity index (χ0v) is 9.55. The van der Waals surface area contributed by atoms with Crippen LogP contribution in [-0.4, -0.2) is 4.98 Å². The fourth-order valence-electron chi connectivity index (χ4n) is 1.26. The Morgan fingerprint density at radius 3 is 2.94 bits per heavy atom. The molecular formula is C11H11FN2OS. The summed E-state index contributed by atoms with van der Waals surface area (Å²) in [6, 6.07) is 4.39. The first-order valence-corrected chi connectivity index (χ1v) is 5.72. The molecule has 0 amide bonds. The van der Waals surface area contributed by atoms with Crippen LogP contribution in [0.1, 0.15) is 11.5 Å². The number of nitrogens with zero attached hydrogens (tertiary/aromatic N) is 1. The second-order valence-electron chi connectivity index (χ2n) is 3.33. The summed E-state index contributed by atoms with van der Waals surface area (Å²) in [5, 5.41) is 0. The number of rotatable bonds is 3. The van der Waals surface area contributed by atoms with Gasteiger partial charge in [0.05, 0.1) is 5.69 Å². The van der Waals surface area contributed by atoms with Crippen molar-refractivity contribution < 1.29 is 8.81 Å². The van der Waals surface area contributed by atoms with E-state index in [1.807, 2.05) is 6.92 Å². The summed E-state index contributed by atoms with van der Waals surface area (Å²) in [6.07, 6.45) is 1.42. The first-order chi connectivity index (χ1) is 7.66. The fourth-order valence-corrected chi connectivity index (χ4v) is 2.22.